The van der Waals surface area contributed by atoms with Crippen molar-refractivity contribution in [1.82, 2.24) is 0 Å². The van der Waals surface area contributed by atoms with Crippen LogP contribution in [0.1, 0.15) is 0 Å². The maximum atomic E-state index is 13.2. The summed E-state index contributed by atoms with van der Waals surface area (Å²) in [4.78, 5) is -0.355. The van der Waals surface area contributed by atoms with Crippen LogP contribution in [0, 0.1) is 17.5 Å². The van der Waals surface area contributed by atoms with E-state index >= 15 is 0 Å². The van der Waals surface area contributed by atoms with Gasteiger partial charge in [-0.05, 0) is 40.2 Å². The minimum absolute atomic E-state index is 0.0708. The lowest BCUT2D eigenvalue weighted by Gasteiger charge is -2.11. The van der Waals surface area contributed by atoms with Gasteiger partial charge in [-0.15, -0.1) is 0 Å². The molecule has 2 rings (SSSR count). The molecule has 3 N–H and O–H groups in total. The van der Waals surface area contributed by atoms with Crippen LogP contribution in [-0.4, -0.2) is 8.42 Å². The molecule has 21 heavy (non-hydrogen) atoms. The van der Waals surface area contributed by atoms with Crippen molar-refractivity contribution in [1.29, 1.82) is 0 Å². The van der Waals surface area contributed by atoms with E-state index in [2.05, 4.69) is 15.9 Å². The topological polar surface area (TPSA) is 72.2 Å². The molecule has 0 radical (unpaired) electrons. The van der Waals surface area contributed by atoms with Gasteiger partial charge in [0.2, 0.25) is 0 Å². The highest BCUT2D eigenvalue weighted by Crippen LogP contribution is 2.28. The van der Waals surface area contributed by atoms with Crippen molar-refractivity contribution in [2.24, 2.45) is 0 Å². The van der Waals surface area contributed by atoms with Gasteiger partial charge in [-0.3, -0.25) is 4.72 Å². The Morgan fingerprint density at radius 2 is 1.57 bits per heavy atom. The number of nitrogen functional groups attached to an aromatic ring is 1. The summed E-state index contributed by atoms with van der Waals surface area (Å²) in [7, 11) is -4.19. The van der Waals surface area contributed by atoms with Gasteiger partial charge in [0.1, 0.15) is 22.3 Å². The van der Waals surface area contributed by atoms with E-state index in [4.69, 9.17) is 5.73 Å². The Bertz CT molecular complexity index is 792. The maximum absolute atomic E-state index is 13.2. The number of anilines is 2. The molecule has 2 aromatic rings. The Kier molecular flexibility index (Phi) is 4.15. The standard InChI is InChI=1S/C12H8BrF3N2O2S/c13-9-4-10(16)11(17)5-12(9)21(19,20)18-8-2-6(14)1-7(15)3-8/h1-5,18H,17H2. The highest BCUT2D eigenvalue weighted by Gasteiger charge is 2.20. The molecule has 0 saturated carbocycles. The van der Waals surface area contributed by atoms with E-state index < -0.39 is 27.5 Å². The molecule has 0 aliphatic carbocycles. The lowest BCUT2D eigenvalue weighted by molar-refractivity contribution is 0.584. The van der Waals surface area contributed by atoms with Crippen LogP contribution in [0.2, 0.25) is 0 Å². The molecule has 9 heteroatoms. The van der Waals surface area contributed by atoms with Crippen LogP contribution >= 0.6 is 15.9 Å². The molecule has 0 amide bonds. The average molecular weight is 381 g/mol. The Balaban J connectivity index is 2.45. The predicted octanol–water partition coefficient (Wildman–Crippen LogP) is 3.25. The summed E-state index contributed by atoms with van der Waals surface area (Å²) >= 11 is 2.90. The molecular formula is C12H8BrF3N2O2S. The average Bonchev–Trinajstić information content (AvgIpc) is 2.31. The number of sulfonamides is 1. The fourth-order valence-electron chi connectivity index (χ4n) is 1.57. The van der Waals surface area contributed by atoms with E-state index in [-0.39, 0.29) is 20.7 Å². The lowest BCUT2D eigenvalue weighted by Crippen LogP contribution is -2.14. The van der Waals surface area contributed by atoms with Gasteiger partial charge in [-0.1, -0.05) is 0 Å². The monoisotopic (exact) mass is 380 g/mol. The Hall–Kier alpha value is -1.74. The molecule has 0 heterocycles. The van der Waals surface area contributed by atoms with Gasteiger partial charge in [0.05, 0.1) is 11.4 Å². The van der Waals surface area contributed by atoms with Crippen LogP contribution in [-0.2, 0) is 10.0 Å². The summed E-state index contributed by atoms with van der Waals surface area (Å²) in [5, 5.41) is 0. The maximum Gasteiger partial charge on any atom is 0.263 e. The second kappa shape index (κ2) is 5.57. The predicted molar refractivity (Wildman–Crippen MR) is 75.7 cm³/mol. The summed E-state index contributed by atoms with van der Waals surface area (Å²) in [6, 6.07) is 4.00. The van der Waals surface area contributed by atoms with Crippen molar-refractivity contribution < 1.29 is 21.6 Å². The molecule has 0 fully saturated rings. The fraction of sp³-hybridized carbons (Fsp3) is 0. The third-order valence-corrected chi connectivity index (χ3v) is 4.80. The van der Waals surface area contributed by atoms with Crippen molar-refractivity contribution in [3.05, 3.63) is 52.3 Å². The SMILES string of the molecule is Nc1cc(S(=O)(=O)Nc2cc(F)cc(F)c2)c(Br)cc1F. The van der Waals surface area contributed by atoms with E-state index in [1.54, 1.807) is 0 Å². The van der Waals surface area contributed by atoms with Crippen molar-refractivity contribution in [2.45, 2.75) is 4.90 Å². The minimum atomic E-state index is -4.19. The summed E-state index contributed by atoms with van der Waals surface area (Å²) in [5.41, 5.74) is 4.65. The first-order chi connectivity index (χ1) is 9.69. The number of hydrogen-bond donors (Lipinski definition) is 2. The van der Waals surface area contributed by atoms with E-state index in [1.807, 2.05) is 4.72 Å². The number of nitrogens with two attached hydrogens (primary N) is 1. The number of halogens is 4. The molecule has 0 aliphatic heterocycles. The summed E-state index contributed by atoms with van der Waals surface area (Å²) in [6.07, 6.45) is 0. The first kappa shape index (κ1) is 15.6. The molecule has 0 bridgehead atoms. The summed E-state index contributed by atoms with van der Waals surface area (Å²) in [5.74, 6) is -2.67. The summed E-state index contributed by atoms with van der Waals surface area (Å²) < 4.78 is 65.5. The van der Waals surface area contributed by atoms with Gasteiger partial charge in [0.15, 0.2) is 0 Å². The third-order valence-electron chi connectivity index (χ3n) is 2.46. The first-order valence-electron chi connectivity index (χ1n) is 5.42. The lowest BCUT2D eigenvalue weighted by atomic mass is 10.3. The molecule has 0 aliphatic rings. The van der Waals surface area contributed by atoms with E-state index in [0.29, 0.717) is 6.07 Å². The molecule has 0 saturated heterocycles. The van der Waals surface area contributed by atoms with Crippen LogP contribution in [0.15, 0.2) is 39.7 Å². The van der Waals surface area contributed by atoms with Gasteiger partial charge in [0, 0.05) is 10.5 Å². The van der Waals surface area contributed by atoms with Gasteiger partial charge in [-0.25, -0.2) is 21.6 Å². The number of hydrogen-bond acceptors (Lipinski definition) is 3. The Morgan fingerprint density at radius 3 is 2.14 bits per heavy atom. The molecule has 0 unspecified atom stereocenters. The van der Waals surface area contributed by atoms with Gasteiger partial charge < -0.3 is 5.73 Å². The Labute approximate surface area is 127 Å². The molecule has 0 atom stereocenters. The molecule has 112 valence electrons. The van der Waals surface area contributed by atoms with Crippen molar-refractivity contribution in [2.75, 3.05) is 10.5 Å². The quantitative estimate of drug-likeness (QED) is 0.802. The van der Waals surface area contributed by atoms with Crippen LogP contribution < -0.4 is 10.5 Å². The largest absolute Gasteiger partial charge is 0.396 e. The first-order valence-corrected chi connectivity index (χ1v) is 7.70. The number of nitrogens with one attached hydrogen (secondary N) is 1. The van der Waals surface area contributed by atoms with E-state index in [9.17, 15) is 21.6 Å². The van der Waals surface area contributed by atoms with Gasteiger partial charge in [-0.2, -0.15) is 0 Å². The molecule has 0 spiro atoms. The van der Waals surface area contributed by atoms with Crippen LogP contribution in [0.25, 0.3) is 0 Å². The highest BCUT2D eigenvalue weighted by atomic mass is 79.9. The third kappa shape index (κ3) is 3.48. The van der Waals surface area contributed by atoms with Crippen LogP contribution in [0.3, 0.4) is 0 Å². The Morgan fingerprint density at radius 1 is 1.00 bits per heavy atom. The second-order valence-electron chi connectivity index (χ2n) is 4.07. The molecule has 4 nitrogen and oxygen atoms in total. The van der Waals surface area contributed by atoms with Crippen molar-refractivity contribution in [3.63, 3.8) is 0 Å². The minimum Gasteiger partial charge on any atom is -0.396 e. The van der Waals surface area contributed by atoms with Gasteiger partial charge >= 0.3 is 0 Å². The molecule has 2 aromatic carbocycles. The zero-order chi connectivity index (χ0) is 15.8. The smallest absolute Gasteiger partial charge is 0.263 e. The van der Waals surface area contributed by atoms with Crippen LogP contribution in [0.5, 0.6) is 0 Å². The number of rotatable bonds is 3. The number of benzene rings is 2. The molecular weight excluding hydrogens is 373 g/mol. The summed E-state index contributed by atoms with van der Waals surface area (Å²) in [6.45, 7) is 0. The normalized spacial score (nSPS) is 11.4. The van der Waals surface area contributed by atoms with E-state index in [1.165, 1.54) is 0 Å². The van der Waals surface area contributed by atoms with Crippen molar-refractivity contribution >= 4 is 37.3 Å². The highest BCUT2D eigenvalue weighted by molar-refractivity contribution is 9.10. The van der Waals surface area contributed by atoms with Gasteiger partial charge in [0.25, 0.3) is 10.0 Å². The van der Waals surface area contributed by atoms with E-state index in [0.717, 1.165) is 24.3 Å². The van der Waals surface area contributed by atoms with Crippen LogP contribution in [0.4, 0.5) is 24.5 Å². The van der Waals surface area contributed by atoms with Crippen molar-refractivity contribution in [3.8, 4) is 0 Å². The zero-order valence-electron chi connectivity index (χ0n) is 10.2. The second-order valence-corrected chi connectivity index (χ2v) is 6.57. The molecule has 0 aromatic heterocycles. The fourth-order valence-corrected chi connectivity index (χ4v) is 3.66. The zero-order valence-corrected chi connectivity index (χ0v) is 12.6.